The van der Waals surface area contributed by atoms with E-state index in [0.717, 1.165) is 11.3 Å². The van der Waals surface area contributed by atoms with Gasteiger partial charge in [0.25, 0.3) is 0 Å². The van der Waals surface area contributed by atoms with Crippen molar-refractivity contribution in [1.29, 1.82) is 0 Å². The summed E-state index contributed by atoms with van der Waals surface area (Å²) in [5.74, 6) is -1.13. The molecule has 0 bridgehead atoms. The minimum atomic E-state index is -1.04. The molecule has 2 aromatic rings. The number of carboxylic acids is 1. The molecule has 7 nitrogen and oxygen atoms in total. The minimum Gasteiger partial charge on any atom is -0.479 e. The number of hydrogen-bond donors (Lipinski definition) is 1. The van der Waals surface area contributed by atoms with E-state index in [0.29, 0.717) is 6.54 Å². The molecule has 1 fully saturated rings. The fourth-order valence-electron chi connectivity index (χ4n) is 2.50. The molecule has 120 valence electrons. The van der Waals surface area contributed by atoms with Crippen LogP contribution in [0.25, 0.3) is 5.69 Å². The molecule has 1 saturated heterocycles. The van der Waals surface area contributed by atoms with Gasteiger partial charge in [0.2, 0.25) is 5.91 Å². The first kappa shape index (κ1) is 15.2. The summed E-state index contributed by atoms with van der Waals surface area (Å²) in [6, 6.07) is 9.40. The first-order valence-corrected chi connectivity index (χ1v) is 7.34. The molecule has 0 spiro atoms. The van der Waals surface area contributed by atoms with Gasteiger partial charge in [-0.3, -0.25) is 4.79 Å². The summed E-state index contributed by atoms with van der Waals surface area (Å²) in [7, 11) is 0. The van der Waals surface area contributed by atoms with Crippen LogP contribution in [-0.4, -0.2) is 57.5 Å². The Morgan fingerprint density at radius 2 is 2.09 bits per heavy atom. The second-order valence-corrected chi connectivity index (χ2v) is 5.33. The number of carbonyl (C=O) groups is 2. The number of carbonyl (C=O) groups excluding carboxylic acids is 1. The van der Waals surface area contributed by atoms with E-state index >= 15 is 0 Å². The quantitative estimate of drug-likeness (QED) is 0.899. The van der Waals surface area contributed by atoms with Crippen molar-refractivity contribution in [3.05, 3.63) is 48.3 Å². The molecule has 2 heterocycles. The van der Waals surface area contributed by atoms with Crippen LogP contribution in [0, 0.1) is 0 Å². The minimum absolute atomic E-state index is 0.0913. The van der Waals surface area contributed by atoms with E-state index in [9.17, 15) is 9.59 Å². The van der Waals surface area contributed by atoms with Crippen LogP contribution in [0.2, 0.25) is 0 Å². The fraction of sp³-hybridized carbons (Fsp3) is 0.312. The average molecular weight is 315 g/mol. The maximum Gasteiger partial charge on any atom is 0.334 e. The zero-order valence-electron chi connectivity index (χ0n) is 12.5. The summed E-state index contributed by atoms with van der Waals surface area (Å²) >= 11 is 0. The molecule has 7 heteroatoms. The standard InChI is InChI=1S/C16H17N3O4/c20-15(18-8-9-23-14(11-18)16(21)22)10-12-2-4-13(5-3-12)19-7-1-6-17-19/h1-7,14H,8-11H2,(H,21,22)/t14-/m0/s1. The highest BCUT2D eigenvalue weighted by atomic mass is 16.5. The highest BCUT2D eigenvalue weighted by Gasteiger charge is 2.28. The van der Waals surface area contributed by atoms with Gasteiger partial charge in [0.05, 0.1) is 25.3 Å². The summed E-state index contributed by atoms with van der Waals surface area (Å²) in [6.07, 6.45) is 2.86. The van der Waals surface area contributed by atoms with Gasteiger partial charge in [0, 0.05) is 18.9 Å². The molecule has 0 saturated carbocycles. The molecule has 1 aromatic carbocycles. The van der Waals surface area contributed by atoms with Gasteiger partial charge in [0.1, 0.15) is 0 Å². The van der Waals surface area contributed by atoms with E-state index < -0.39 is 12.1 Å². The third-order valence-electron chi connectivity index (χ3n) is 3.76. The van der Waals surface area contributed by atoms with Gasteiger partial charge in [-0.25, -0.2) is 9.48 Å². The van der Waals surface area contributed by atoms with Crippen molar-refractivity contribution < 1.29 is 19.4 Å². The summed E-state index contributed by atoms with van der Waals surface area (Å²) < 4.78 is 6.87. The highest BCUT2D eigenvalue weighted by molar-refractivity contribution is 5.80. The highest BCUT2D eigenvalue weighted by Crippen LogP contribution is 2.12. The monoisotopic (exact) mass is 315 g/mol. The third kappa shape index (κ3) is 3.57. The van der Waals surface area contributed by atoms with Gasteiger partial charge >= 0.3 is 5.97 Å². The number of aliphatic carboxylic acids is 1. The van der Waals surface area contributed by atoms with Gasteiger partial charge < -0.3 is 14.7 Å². The lowest BCUT2D eigenvalue weighted by Crippen LogP contribution is -2.49. The molecule has 1 amide bonds. The Kier molecular flexibility index (Phi) is 4.38. The van der Waals surface area contributed by atoms with E-state index in [1.165, 1.54) is 0 Å². The average Bonchev–Trinajstić information content (AvgIpc) is 3.10. The molecule has 0 unspecified atom stereocenters. The van der Waals surface area contributed by atoms with Crippen LogP contribution in [-0.2, 0) is 20.7 Å². The Hall–Kier alpha value is -2.67. The predicted molar refractivity (Wildman–Crippen MR) is 81.2 cm³/mol. The number of morpholine rings is 1. The summed E-state index contributed by atoms with van der Waals surface area (Å²) in [6.45, 7) is 0.772. The Morgan fingerprint density at radius 3 is 2.74 bits per heavy atom. The van der Waals surface area contributed by atoms with Gasteiger partial charge in [-0.15, -0.1) is 0 Å². The molecule has 1 aliphatic rings. The maximum absolute atomic E-state index is 12.3. The number of hydrogen-bond acceptors (Lipinski definition) is 4. The van der Waals surface area contributed by atoms with Crippen molar-refractivity contribution in [2.75, 3.05) is 19.7 Å². The van der Waals surface area contributed by atoms with Crippen LogP contribution in [0.4, 0.5) is 0 Å². The second-order valence-electron chi connectivity index (χ2n) is 5.33. The Morgan fingerprint density at radius 1 is 1.30 bits per heavy atom. The van der Waals surface area contributed by atoms with Crippen LogP contribution in [0.5, 0.6) is 0 Å². The molecule has 0 radical (unpaired) electrons. The predicted octanol–water partition coefficient (Wildman–Crippen LogP) is 0.727. The van der Waals surface area contributed by atoms with E-state index in [4.69, 9.17) is 9.84 Å². The molecular formula is C16H17N3O4. The van der Waals surface area contributed by atoms with Gasteiger partial charge in [-0.1, -0.05) is 12.1 Å². The zero-order valence-corrected chi connectivity index (χ0v) is 12.5. The number of aromatic nitrogens is 2. The Labute approximate surface area is 133 Å². The van der Waals surface area contributed by atoms with E-state index in [-0.39, 0.29) is 25.5 Å². The largest absolute Gasteiger partial charge is 0.479 e. The van der Waals surface area contributed by atoms with Crippen molar-refractivity contribution in [3.63, 3.8) is 0 Å². The summed E-state index contributed by atoms with van der Waals surface area (Å²) in [5.41, 5.74) is 1.80. The van der Waals surface area contributed by atoms with Crippen molar-refractivity contribution in [2.45, 2.75) is 12.5 Å². The zero-order chi connectivity index (χ0) is 16.2. The van der Waals surface area contributed by atoms with Gasteiger partial charge in [-0.2, -0.15) is 5.10 Å². The number of carboxylic acid groups (broad SMARTS) is 1. The van der Waals surface area contributed by atoms with Crippen molar-refractivity contribution in [3.8, 4) is 5.69 Å². The molecular weight excluding hydrogens is 298 g/mol. The molecule has 1 atom stereocenters. The molecule has 1 aromatic heterocycles. The van der Waals surface area contributed by atoms with Crippen LogP contribution < -0.4 is 0 Å². The molecule has 1 aliphatic heterocycles. The number of benzene rings is 1. The number of rotatable bonds is 4. The molecule has 1 N–H and O–H groups in total. The smallest absolute Gasteiger partial charge is 0.334 e. The van der Waals surface area contributed by atoms with Crippen molar-refractivity contribution in [2.24, 2.45) is 0 Å². The lowest BCUT2D eigenvalue weighted by atomic mass is 10.1. The lowest BCUT2D eigenvalue weighted by molar-refractivity contribution is -0.159. The first-order valence-electron chi connectivity index (χ1n) is 7.34. The fourth-order valence-corrected chi connectivity index (χ4v) is 2.50. The molecule has 23 heavy (non-hydrogen) atoms. The van der Waals surface area contributed by atoms with Gasteiger partial charge in [0.15, 0.2) is 6.10 Å². The topological polar surface area (TPSA) is 84.7 Å². The summed E-state index contributed by atoms with van der Waals surface area (Å²) in [5, 5.41) is 13.1. The van der Waals surface area contributed by atoms with Gasteiger partial charge in [-0.05, 0) is 23.8 Å². The molecule has 0 aliphatic carbocycles. The Bertz CT molecular complexity index is 682. The van der Waals surface area contributed by atoms with Crippen LogP contribution in [0.15, 0.2) is 42.7 Å². The van der Waals surface area contributed by atoms with E-state index in [1.807, 2.05) is 36.5 Å². The summed E-state index contributed by atoms with van der Waals surface area (Å²) in [4.78, 5) is 24.8. The SMILES string of the molecule is O=C(O)[C@@H]1CN(C(=O)Cc2ccc(-n3cccn3)cc2)CCO1. The Balaban J connectivity index is 1.62. The number of nitrogens with zero attached hydrogens (tertiary/aromatic N) is 3. The number of ether oxygens (including phenoxy) is 1. The normalized spacial score (nSPS) is 17.9. The molecule has 3 rings (SSSR count). The van der Waals surface area contributed by atoms with Crippen molar-refractivity contribution in [1.82, 2.24) is 14.7 Å². The number of amides is 1. The third-order valence-corrected chi connectivity index (χ3v) is 3.76. The van der Waals surface area contributed by atoms with Crippen molar-refractivity contribution >= 4 is 11.9 Å². The van der Waals surface area contributed by atoms with Crippen LogP contribution >= 0.6 is 0 Å². The lowest BCUT2D eigenvalue weighted by Gasteiger charge is -2.31. The van der Waals surface area contributed by atoms with Crippen LogP contribution in [0.3, 0.4) is 0 Å². The van der Waals surface area contributed by atoms with Crippen LogP contribution in [0.1, 0.15) is 5.56 Å². The van der Waals surface area contributed by atoms with E-state index in [2.05, 4.69) is 5.10 Å². The second kappa shape index (κ2) is 6.62. The van der Waals surface area contributed by atoms with E-state index in [1.54, 1.807) is 15.8 Å². The maximum atomic E-state index is 12.3. The first-order chi connectivity index (χ1) is 11.1.